The quantitative estimate of drug-likeness (QED) is 0.656. The van der Waals surface area contributed by atoms with Gasteiger partial charge >= 0.3 is 0 Å². The molecule has 0 radical (unpaired) electrons. The molecule has 108 valence electrons. The van der Waals surface area contributed by atoms with E-state index < -0.39 is 5.54 Å². The fraction of sp³-hybridized carbons (Fsp3) is 0.312. The normalized spacial score (nSPS) is 13.4. The Morgan fingerprint density at radius 1 is 1.24 bits per heavy atom. The lowest BCUT2D eigenvalue weighted by atomic mass is 9.89. The molecule has 0 aliphatic heterocycles. The van der Waals surface area contributed by atoms with Crippen LogP contribution in [0.4, 0.5) is 0 Å². The molecule has 1 unspecified atom stereocenters. The summed E-state index contributed by atoms with van der Waals surface area (Å²) < 4.78 is 0. The van der Waals surface area contributed by atoms with Crippen molar-refractivity contribution in [2.45, 2.75) is 24.0 Å². The molecule has 1 aromatic carbocycles. The molecule has 5 heteroatoms. The van der Waals surface area contributed by atoms with Gasteiger partial charge in [-0.25, -0.2) is 9.97 Å². The Morgan fingerprint density at radius 2 is 1.90 bits per heavy atom. The highest BCUT2D eigenvalue weighted by atomic mass is 32.2. The number of aromatic nitrogens is 2. The molecule has 0 aliphatic carbocycles. The van der Waals surface area contributed by atoms with Crippen LogP contribution in [0.1, 0.15) is 17.5 Å². The molecule has 21 heavy (non-hydrogen) atoms. The Morgan fingerprint density at radius 3 is 2.48 bits per heavy atom. The molecule has 0 fully saturated rings. The van der Waals surface area contributed by atoms with Gasteiger partial charge < -0.3 is 0 Å². The zero-order chi connectivity index (χ0) is 15.1. The third-order valence-corrected chi connectivity index (χ3v) is 4.23. The van der Waals surface area contributed by atoms with Crippen molar-refractivity contribution in [2.24, 2.45) is 0 Å². The highest BCUT2D eigenvalue weighted by Gasteiger charge is 2.29. The van der Waals surface area contributed by atoms with Crippen LogP contribution < -0.4 is 5.32 Å². The number of hydrogen-bond acceptors (Lipinski definition) is 5. The van der Waals surface area contributed by atoms with Crippen molar-refractivity contribution in [3.05, 3.63) is 53.9 Å². The van der Waals surface area contributed by atoms with Crippen LogP contribution in [-0.4, -0.2) is 22.8 Å². The molecule has 2 aromatic rings. The smallest absolute Gasteiger partial charge is 0.187 e. The molecule has 2 rings (SSSR count). The molecule has 4 nitrogen and oxygen atoms in total. The maximum absolute atomic E-state index is 9.61. The van der Waals surface area contributed by atoms with E-state index in [-0.39, 0.29) is 0 Å². The van der Waals surface area contributed by atoms with Crippen molar-refractivity contribution < 1.29 is 0 Å². The van der Waals surface area contributed by atoms with E-state index in [2.05, 4.69) is 21.4 Å². The zero-order valence-electron chi connectivity index (χ0n) is 12.2. The summed E-state index contributed by atoms with van der Waals surface area (Å²) in [5.41, 5.74) is 1.37. The molecule has 0 spiro atoms. The number of thioether (sulfide) groups is 1. The third kappa shape index (κ3) is 3.81. The minimum atomic E-state index is -0.668. The van der Waals surface area contributed by atoms with Crippen molar-refractivity contribution in [3.63, 3.8) is 0 Å². The molecular formula is C16H18N4S. The first kappa shape index (κ1) is 15.5. The lowest BCUT2D eigenvalue weighted by Gasteiger charge is -2.26. The largest absolute Gasteiger partial charge is 0.299 e. The van der Waals surface area contributed by atoms with Crippen molar-refractivity contribution >= 4 is 11.8 Å². The summed E-state index contributed by atoms with van der Waals surface area (Å²) in [5.74, 6) is 0.770. The van der Waals surface area contributed by atoms with E-state index >= 15 is 0 Å². The molecule has 0 bridgehead atoms. The van der Waals surface area contributed by atoms with Crippen LogP contribution in [-0.2, 0) is 5.54 Å². The number of benzene rings is 1. The Hall–Kier alpha value is -1.90. The Kier molecular flexibility index (Phi) is 5.32. The van der Waals surface area contributed by atoms with Crippen LogP contribution in [0.25, 0.3) is 0 Å². The second kappa shape index (κ2) is 7.21. The molecule has 0 saturated heterocycles. The van der Waals surface area contributed by atoms with Crippen LogP contribution in [0.2, 0.25) is 0 Å². The second-order valence-electron chi connectivity index (χ2n) is 4.77. The summed E-state index contributed by atoms with van der Waals surface area (Å²) in [6.07, 6.45) is 4.30. The SMILES string of the molecule is CNC(C#N)(CCSc1ncc(C)cn1)c1ccccc1. The van der Waals surface area contributed by atoms with Gasteiger partial charge in [-0.1, -0.05) is 42.1 Å². The van der Waals surface area contributed by atoms with Gasteiger partial charge in [0, 0.05) is 18.1 Å². The summed E-state index contributed by atoms with van der Waals surface area (Å²) in [4.78, 5) is 8.54. The number of nitrogens with zero attached hydrogens (tertiary/aromatic N) is 3. The summed E-state index contributed by atoms with van der Waals surface area (Å²) in [7, 11) is 1.82. The van der Waals surface area contributed by atoms with Crippen molar-refractivity contribution in [2.75, 3.05) is 12.8 Å². The number of nitriles is 1. The number of nitrogens with one attached hydrogen (secondary N) is 1. The van der Waals surface area contributed by atoms with E-state index in [0.29, 0.717) is 6.42 Å². The fourth-order valence-corrected chi connectivity index (χ4v) is 2.91. The first-order valence-corrected chi connectivity index (χ1v) is 7.76. The van der Waals surface area contributed by atoms with Crippen LogP contribution in [0.5, 0.6) is 0 Å². The van der Waals surface area contributed by atoms with Gasteiger partial charge in [0.2, 0.25) is 0 Å². The Balaban J connectivity index is 2.04. The predicted molar refractivity (Wildman–Crippen MR) is 84.9 cm³/mol. The summed E-state index contributed by atoms with van der Waals surface area (Å²) in [6.45, 7) is 1.96. The molecule has 1 N–H and O–H groups in total. The number of hydrogen-bond donors (Lipinski definition) is 1. The van der Waals surface area contributed by atoms with E-state index in [4.69, 9.17) is 0 Å². The van der Waals surface area contributed by atoms with E-state index in [1.807, 2.05) is 56.7 Å². The van der Waals surface area contributed by atoms with E-state index in [1.165, 1.54) is 0 Å². The van der Waals surface area contributed by atoms with Crippen molar-refractivity contribution in [3.8, 4) is 6.07 Å². The van der Waals surface area contributed by atoms with E-state index in [0.717, 1.165) is 22.0 Å². The average molecular weight is 298 g/mol. The predicted octanol–water partition coefficient (Wildman–Crippen LogP) is 2.91. The highest BCUT2D eigenvalue weighted by molar-refractivity contribution is 7.99. The van der Waals surface area contributed by atoms with Gasteiger partial charge in [-0.15, -0.1) is 0 Å². The Labute approximate surface area is 129 Å². The molecule has 1 heterocycles. The van der Waals surface area contributed by atoms with Crippen LogP contribution >= 0.6 is 11.8 Å². The van der Waals surface area contributed by atoms with Gasteiger partial charge in [-0.05, 0) is 31.5 Å². The minimum absolute atomic E-state index is 0.668. The highest BCUT2D eigenvalue weighted by Crippen LogP contribution is 2.27. The van der Waals surface area contributed by atoms with Crippen molar-refractivity contribution in [1.29, 1.82) is 5.26 Å². The Bertz CT molecular complexity index is 606. The topological polar surface area (TPSA) is 61.6 Å². The molecule has 1 aromatic heterocycles. The molecule has 1 atom stereocenters. The molecule has 0 amide bonds. The van der Waals surface area contributed by atoms with Gasteiger partial charge in [0.25, 0.3) is 0 Å². The molecular weight excluding hydrogens is 280 g/mol. The van der Waals surface area contributed by atoms with Crippen molar-refractivity contribution in [1.82, 2.24) is 15.3 Å². The standard InChI is InChI=1S/C16H18N4S/c1-13-10-19-15(20-11-13)21-9-8-16(12-17,18-2)14-6-4-3-5-7-14/h3-7,10-11,18H,8-9H2,1-2H3. The first-order valence-electron chi connectivity index (χ1n) is 6.77. The molecule has 0 aliphatic rings. The second-order valence-corrected chi connectivity index (χ2v) is 5.84. The van der Waals surface area contributed by atoms with Gasteiger partial charge in [0.15, 0.2) is 5.16 Å². The molecule has 0 saturated carbocycles. The van der Waals surface area contributed by atoms with Gasteiger partial charge in [-0.2, -0.15) is 5.26 Å². The van der Waals surface area contributed by atoms with Crippen LogP contribution in [0.3, 0.4) is 0 Å². The van der Waals surface area contributed by atoms with E-state index in [9.17, 15) is 5.26 Å². The summed E-state index contributed by atoms with van der Waals surface area (Å²) in [6, 6.07) is 12.2. The van der Waals surface area contributed by atoms with Gasteiger partial charge in [0.1, 0.15) is 5.54 Å². The van der Waals surface area contributed by atoms with Crippen LogP contribution in [0, 0.1) is 18.3 Å². The summed E-state index contributed by atoms with van der Waals surface area (Å²) in [5, 5.41) is 13.5. The summed E-state index contributed by atoms with van der Waals surface area (Å²) >= 11 is 1.57. The zero-order valence-corrected chi connectivity index (χ0v) is 13.0. The van der Waals surface area contributed by atoms with Gasteiger partial charge in [-0.3, -0.25) is 5.32 Å². The first-order chi connectivity index (χ1) is 10.2. The number of rotatable bonds is 6. The maximum atomic E-state index is 9.61. The van der Waals surface area contributed by atoms with Gasteiger partial charge in [0.05, 0.1) is 6.07 Å². The maximum Gasteiger partial charge on any atom is 0.187 e. The van der Waals surface area contributed by atoms with Crippen LogP contribution in [0.15, 0.2) is 47.9 Å². The minimum Gasteiger partial charge on any atom is -0.299 e. The average Bonchev–Trinajstić information content (AvgIpc) is 2.55. The van der Waals surface area contributed by atoms with E-state index in [1.54, 1.807) is 11.8 Å². The lowest BCUT2D eigenvalue weighted by molar-refractivity contribution is 0.456. The third-order valence-electron chi connectivity index (χ3n) is 3.35. The monoisotopic (exact) mass is 298 g/mol. The number of aryl methyl sites for hydroxylation is 1. The lowest BCUT2D eigenvalue weighted by Crippen LogP contribution is -2.39. The fourth-order valence-electron chi connectivity index (χ4n) is 2.06.